The van der Waals surface area contributed by atoms with Crippen molar-refractivity contribution in [3.05, 3.63) is 17.5 Å². The van der Waals surface area contributed by atoms with Gasteiger partial charge in [-0.15, -0.1) is 0 Å². The first-order valence-corrected chi connectivity index (χ1v) is 8.04. The zero-order chi connectivity index (χ0) is 13.9. The van der Waals surface area contributed by atoms with Gasteiger partial charge < -0.3 is 4.74 Å². The molecule has 0 radical (unpaired) electrons. The first-order chi connectivity index (χ1) is 9.72. The van der Waals surface area contributed by atoms with Crippen LogP contribution in [0.25, 0.3) is 0 Å². The van der Waals surface area contributed by atoms with E-state index in [4.69, 9.17) is 4.74 Å². The summed E-state index contributed by atoms with van der Waals surface area (Å²) in [6.07, 6.45) is 9.12. The molecule has 0 aromatic carbocycles. The molecule has 1 aliphatic heterocycles. The molecule has 1 aliphatic carbocycles. The lowest BCUT2D eigenvalue weighted by Gasteiger charge is -2.33. The van der Waals surface area contributed by atoms with Crippen LogP contribution in [0.1, 0.15) is 43.4 Å². The average molecular weight is 277 g/mol. The normalized spacial score (nSPS) is 23.4. The minimum absolute atomic E-state index is 0.448. The molecule has 2 heterocycles. The SMILES string of the molecule is Cc1cnn(C)c1CN(CC1CCC1)CC1CCCO1. The Morgan fingerprint density at radius 1 is 1.30 bits per heavy atom. The zero-order valence-corrected chi connectivity index (χ0v) is 12.8. The fraction of sp³-hybridized carbons (Fsp3) is 0.812. The molecule has 4 nitrogen and oxygen atoms in total. The molecule has 2 aliphatic rings. The third kappa shape index (κ3) is 3.23. The number of aryl methyl sites for hydroxylation is 2. The molecule has 3 rings (SSSR count). The topological polar surface area (TPSA) is 30.3 Å². The van der Waals surface area contributed by atoms with Gasteiger partial charge in [0.1, 0.15) is 0 Å². The molecular weight excluding hydrogens is 250 g/mol. The molecule has 0 spiro atoms. The first kappa shape index (κ1) is 14.1. The Bertz CT molecular complexity index is 413. The minimum Gasteiger partial charge on any atom is -0.377 e. The van der Waals surface area contributed by atoms with Crippen LogP contribution in [-0.2, 0) is 18.3 Å². The van der Waals surface area contributed by atoms with Gasteiger partial charge in [-0.1, -0.05) is 6.42 Å². The van der Waals surface area contributed by atoms with Crippen LogP contribution in [-0.4, -0.2) is 40.5 Å². The number of rotatable bonds is 6. The predicted molar refractivity (Wildman–Crippen MR) is 79.5 cm³/mol. The molecule has 1 unspecified atom stereocenters. The third-order valence-corrected chi connectivity index (χ3v) is 4.87. The molecule has 20 heavy (non-hydrogen) atoms. The number of nitrogens with zero attached hydrogens (tertiary/aromatic N) is 3. The van der Waals surface area contributed by atoms with Gasteiger partial charge in [0.05, 0.1) is 18.0 Å². The fourth-order valence-electron chi connectivity index (χ4n) is 3.33. The maximum atomic E-state index is 5.83. The quantitative estimate of drug-likeness (QED) is 0.800. The summed E-state index contributed by atoms with van der Waals surface area (Å²) in [4.78, 5) is 2.60. The van der Waals surface area contributed by atoms with Gasteiger partial charge in [-0.05, 0) is 44.1 Å². The number of hydrogen-bond acceptors (Lipinski definition) is 3. The number of hydrogen-bond donors (Lipinski definition) is 0. The lowest BCUT2D eigenvalue weighted by Crippen LogP contribution is -2.38. The van der Waals surface area contributed by atoms with Gasteiger partial charge in [0, 0.05) is 33.3 Å². The molecule has 1 saturated carbocycles. The minimum atomic E-state index is 0.448. The lowest BCUT2D eigenvalue weighted by molar-refractivity contribution is 0.0570. The molecule has 112 valence electrons. The van der Waals surface area contributed by atoms with Crippen molar-refractivity contribution in [2.24, 2.45) is 13.0 Å². The van der Waals surface area contributed by atoms with Gasteiger partial charge in [-0.25, -0.2) is 0 Å². The van der Waals surface area contributed by atoms with E-state index in [0.29, 0.717) is 6.10 Å². The molecule has 2 fully saturated rings. The molecule has 1 aromatic heterocycles. The Labute approximate surface area is 122 Å². The summed E-state index contributed by atoms with van der Waals surface area (Å²) in [7, 11) is 2.05. The van der Waals surface area contributed by atoms with Crippen molar-refractivity contribution in [2.45, 2.75) is 51.7 Å². The Balaban J connectivity index is 1.63. The van der Waals surface area contributed by atoms with E-state index in [0.717, 1.165) is 25.6 Å². The van der Waals surface area contributed by atoms with Crippen molar-refractivity contribution in [1.82, 2.24) is 14.7 Å². The highest BCUT2D eigenvalue weighted by Crippen LogP contribution is 2.28. The van der Waals surface area contributed by atoms with Crippen molar-refractivity contribution in [2.75, 3.05) is 19.7 Å². The standard InChI is InChI=1S/C16H27N3O/c1-13-9-17-18(2)16(13)12-19(10-14-5-3-6-14)11-15-7-4-8-20-15/h9,14-15H,3-8,10-12H2,1-2H3. The van der Waals surface area contributed by atoms with E-state index in [1.165, 1.54) is 49.9 Å². The maximum absolute atomic E-state index is 5.83. The first-order valence-electron chi connectivity index (χ1n) is 8.04. The summed E-state index contributed by atoms with van der Waals surface area (Å²) >= 11 is 0. The highest BCUT2D eigenvalue weighted by atomic mass is 16.5. The van der Waals surface area contributed by atoms with Gasteiger partial charge in [0.15, 0.2) is 0 Å². The van der Waals surface area contributed by atoms with E-state index in [2.05, 4.69) is 24.0 Å². The van der Waals surface area contributed by atoms with Crippen molar-refractivity contribution >= 4 is 0 Å². The molecular formula is C16H27N3O. The average Bonchev–Trinajstić information content (AvgIpc) is 2.98. The molecule has 0 bridgehead atoms. The Kier molecular flexibility index (Phi) is 4.41. The summed E-state index contributed by atoms with van der Waals surface area (Å²) in [6.45, 7) is 6.44. The van der Waals surface area contributed by atoms with Crippen LogP contribution in [0.4, 0.5) is 0 Å². The van der Waals surface area contributed by atoms with Gasteiger partial charge >= 0.3 is 0 Å². The van der Waals surface area contributed by atoms with Crippen molar-refractivity contribution in [3.63, 3.8) is 0 Å². The summed E-state index contributed by atoms with van der Waals surface area (Å²) in [6, 6.07) is 0. The summed E-state index contributed by atoms with van der Waals surface area (Å²) < 4.78 is 7.86. The van der Waals surface area contributed by atoms with Gasteiger partial charge in [-0.3, -0.25) is 9.58 Å². The molecule has 0 amide bonds. The van der Waals surface area contributed by atoms with Crippen LogP contribution in [0.2, 0.25) is 0 Å². The van der Waals surface area contributed by atoms with E-state index in [1.807, 2.05) is 10.9 Å². The Morgan fingerprint density at radius 3 is 2.70 bits per heavy atom. The summed E-state index contributed by atoms with van der Waals surface area (Å²) in [5, 5.41) is 4.37. The van der Waals surface area contributed by atoms with E-state index in [-0.39, 0.29) is 0 Å². The molecule has 4 heteroatoms. The van der Waals surface area contributed by atoms with Crippen LogP contribution in [0, 0.1) is 12.8 Å². The van der Waals surface area contributed by atoms with Gasteiger partial charge in [0.2, 0.25) is 0 Å². The monoisotopic (exact) mass is 277 g/mol. The molecule has 1 aromatic rings. The Hall–Kier alpha value is -0.870. The van der Waals surface area contributed by atoms with Crippen molar-refractivity contribution < 1.29 is 4.74 Å². The number of aromatic nitrogens is 2. The molecule has 1 atom stereocenters. The summed E-state index contributed by atoms with van der Waals surface area (Å²) in [5.41, 5.74) is 2.65. The largest absolute Gasteiger partial charge is 0.377 e. The highest BCUT2D eigenvalue weighted by Gasteiger charge is 2.25. The van der Waals surface area contributed by atoms with Crippen LogP contribution >= 0.6 is 0 Å². The van der Waals surface area contributed by atoms with Crippen LogP contribution < -0.4 is 0 Å². The lowest BCUT2D eigenvalue weighted by atomic mass is 9.85. The fourth-order valence-corrected chi connectivity index (χ4v) is 3.33. The number of ether oxygens (including phenoxy) is 1. The highest BCUT2D eigenvalue weighted by molar-refractivity contribution is 5.15. The maximum Gasteiger partial charge on any atom is 0.0702 e. The molecule has 1 saturated heterocycles. The smallest absolute Gasteiger partial charge is 0.0702 e. The van der Waals surface area contributed by atoms with Crippen LogP contribution in [0.3, 0.4) is 0 Å². The zero-order valence-electron chi connectivity index (χ0n) is 12.8. The van der Waals surface area contributed by atoms with E-state index >= 15 is 0 Å². The van der Waals surface area contributed by atoms with Crippen molar-refractivity contribution in [3.8, 4) is 0 Å². The van der Waals surface area contributed by atoms with Crippen LogP contribution in [0.15, 0.2) is 6.20 Å². The van der Waals surface area contributed by atoms with Crippen molar-refractivity contribution in [1.29, 1.82) is 0 Å². The van der Waals surface area contributed by atoms with E-state index < -0.39 is 0 Å². The summed E-state index contributed by atoms with van der Waals surface area (Å²) in [5.74, 6) is 0.907. The van der Waals surface area contributed by atoms with Gasteiger partial charge in [0.25, 0.3) is 0 Å². The predicted octanol–water partition coefficient (Wildman–Crippen LogP) is 2.51. The second kappa shape index (κ2) is 6.27. The van der Waals surface area contributed by atoms with Crippen LogP contribution in [0.5, 0.6) is 0 Å². The van der Waals surface area contributed by atoms with E-state index in [1.54, 1.807) is 0 Å². The molecule has 0 N–H and O–H groups in total. The third-order valence-electron chi connectivity index (χ3n) is 4.87. The second-order valence-electron chi connectivity index (χ2n) is 6.52. The second-order valence-corrected chi connectivity index (χ2v) is 6.52. The van der Waals surface area contributed by atoms with E-state index in [9.17, 15) is 0 Å². The Morgan fingerprint density at radius 2 is 2.15 bits per heavy atom. The van der Waals surface area contributed by atoms with Gasteiger partial charge in [-0.2, -0.15) is 5.10 Å².